The summed E-state index contributed by atoms with van der Waals surface area (Å²) in [4.78, 5) is 0. The third-order valence-corrected chi connectivity index (χ3v) is 0. The predicted molar refractivity (Wildman–Crippen MR) is 27.0 cm³/mol. The summed E-state index contributed by atoms with van der Waals surface area (Å²) in [5.74, 6) is 0. The molecule has 0 amide bonds. The van der Waals surface area contributed by atoms with Gasteiger partial charge in [0.25, 0.3) is 0 Å². The Morgan fingerprint density at radius 1 is 0.800 bits per heavy atom. The molecular weight excluding hydrogens is 230 g/mol. The first kappa shape index (κ1) is 37.1. The van der Waals surface area contributed by atoms with Crippen LogP contribution in [0.15, 0.2) is 0 Å². The summed E-state index contributed by atoms with van der Waals surface area (Å²) in [6, 6.07) is 0. The van der Waals surface area contributed by atoms with Gasteiger partial charge in [-0.1, -0.05) is 0 Å². The molecule has 0 aromatic heterocycles. The summed E-state index contributed by atoms with van der Waals surface area (Å²) in [6.07, 6.45) is 0. The normalized spacial score (nSPS) is 0. The molecule has 0 heterocycles. The van der Waals surface area contributed by atoms with Gasteiger partial charge < -0.3 is 0 Å². The van der Waals surface area contributed by atoms with E-state index in [0.29, 0.717) is 0 Å². The maximum absolute atomic E-state index is 0. The van der Waals surface area contributed by atoms with Gasteiger partial charge in [-0.2, -0.15) is 0 Å². The van der Waals surface area contributed by atoms with E-state index in [4.69, 9.17) is 0 Å². The second kappa shape index (κ2) is 25.0. The smallest absolute Gasteiger partial charge is 0 e. The summed E-state index contributed by atoms with van der Waals surface area (Å²) in [5.41, 5.74) is 0. The molecule has 0 unspecified atom stereocenters. The van der Waals surface area contributed by atoms with Crippen molar-refractivity contribution in [3.63, 3.8) is 0 Å². The first-order valence-corrected chi connectivity index (χ1v) is 0. The van der Waals surface area contributed by atoms with Crippen LogP contribution in [0.4, 0.5) is 0 Å². The molecule has 0 aliphatic carbocycles. The van der Waals surface area contributed by atoms with E-state index in [1.807, 2.05) is 0 Å². The zero-order chi connectivity index (χ0) is 0. The van der Waals surface area contributed by atoms with E-state index in [-0.39, 0.29) is 116 Å². The van der Waals surface area contributed by atoms with Crippen LogP contribution >= 0.6 is 0 Å². The van der Waals surface area contributed by atoms with Gasteiger partial charge in [-0.15, -0.1) is 0 Å². The molecular formula is H7AlMg2YZn. The summed E-state index contributed by atoms with van der Waals surface area (Å²) in [6.45, 7) is 0. The van der Waals surface area contributed by atoms with E-state index in [1.165, 1.54) is 0 Å². The van der Waals surface area contributed by atoms with Crippen LogP contribution in [-0.2, 0) is 52.2 Å². The van der Waals surface area contributed by atoms with Crippen molar-refractivity contribution in [2.24, 2.45) is 0 Å². The van der Waals surface area contributed by atoms with Gasteiger partial charge in [0.15, 0.2) is 17.4 Å². The van der Waals surface area contributed by atoms with Gasteiger partial charge in [0.2, 0.25) is 0 Å². The molecule has 19 valence electrons. The third-order valence-electron chi connectivity index (χ3n) is 0. The average molecular weight is 237 g/mol. The van der Waals surface area contributed by atoms with E-state index < -0.39 is 0 Å². The molecule has 0 spiro atoms. The van der Waals surface area contributed by atoms with Crippen molar-refractivity contribution < 1.29 is 52.2 Å². The van der Waals surface area contributed by atoms with Gasteiger partial charge >= 0.3 is 46.1 Å². The standard InChI is InChI=1S/Al.2Mg.Y.Zn.7H. The molecule has 0 rings (SSSR count). The van der Waals surface area contributed by atoms with Crippen molar-refractivity contribution in [1.29, 1.82) is 0 Å². The molecule has 0 saturated heterocycles. The first-order chi connectivity index (χ1) is 0. The SMILES string of the molecule is [AlH3].[MgH2].[MgH2].[Y].[Zn]. The molecule has 1 radical (unpaired) electrons. The first-order valence-electron chi connectivity index (χ1n) is 0. The van der Waals surface area contributed by atoms with Crippen molar-refractivity contribution >= 4 is 63.5 Å². The van der Waals surface area contributed by atoms with Crippen LogP contribution < -0.4 is 0 Å². The fourth-order valence-electron chi connectivity index (χ4n) is 0. The Bertz CT molecular complexity index is 9.61. The van der Waals surface area contributed by atoms with Gasteiger partial charge in [0.1, 0.15) is 0 Å². The molecule has 0 fully saturated rings. The van der Waals surface area contributed by atoms with Crippen LogP contribution in [0.5, 0.6) is 0 Å². The Hall–Kier alpha value is 3.79. The molecule has 0 atom stereocenters. The summed E-state index contributed by atoms with van der Waals surface area (Å²) < 4.78 is 0. The average Bonchev–Trinajstić information content (AvgIpc) is 0. The Balaban J connectivity index is 0. The van der Waals surface area contributed by atoms with Gasteiger partial charge in [-0.3, -0.25) is 0 Å². The van der Waals surface area contributed by atoms with E-state index in [0.717, 1.165) is 0 Å². The van der Waals surface area contributed by atoms with Crippen LogP contribution in [-0.4, -0.2) is 63.5 Å². The minimum atomic E-state index is 0. The van der Waals surface area contributed by atoms with E-state index in [1.54, 1.807) is 0 Å². The Morgan fingerprint density at radius 2 is 0.800 bits per heavy atom. The Kier molecular flexibility index (Phi) is 186. The second-order valence-corrected chi connectivity index (χ2v) is 0. The van der Waals surface area contributed by atoms with Crippen LogP contribution in [0.25, 0.3) is 0 Å². The monoisotopic (exact) mass is 235 g/mol. The molecule has 0 bridgehead atoms. The number of hydrogen-bond donors (Lipinski definition) is 0. The maximum Gasteiger partial charge on any atom is 0.316 e. The Morgan fingerprint density at radius 3 is 0.800 bits per heavy atom. The quantitative estimate of drug-likeness (QED) is 0.393. The molecule has 0 aromatic rings. The van der Waals surface area contributed by atoms with Crippen LogP contribution in [0.3, 0.4) is 0 Å². The molecule has 0 saturated carbocycles. The molecule has 0 aliphatic rings. The molecule has 0 aromatic carbocycles. The largest absolute Gasteiger partial charge is 0.316 e. The van der Waals surface area contributed by atoms with E-state index >= 15 is 0 Å². The second-order valence-electron chi connectivity index (χ2n) is 0. The van der Waals surface area contributed by atoms with Gasteiger partial charge in [0.05, 0.1) is 0 Å². The zero-order valence-electron chi connectivity index (χ0n) is 1.28. The Labute approximate surface area is 113 Å². The summed E-state index contributed by atoms with van der Waals surface area (Å²) in [7, 11) is 0. The number of rotatable bonds is 0. The minimum Gasteiger partial charge on any atom is 0 e. The van der Waals surface area contributed by atoms with E-state index in [9.17, 15) is 0 Å². The maximum atomic E-state index is 0. The van der Waals surface area contributed by atoms with Crippen LogP contribution in [0.2, 0.25) is 0 Å². The van der Waals surface area contributed by atoms with Crippen LogP contribution in [0, 0.1) is 0 Å². The van der Waals surface area contributed by atoms with Gasteiger partial charge in [-0.25, -0.2) is 0 Å². The minimum absolute atomic E-state index is 0. The van der Waals surface area contributed by atoms with Gasteiger partial charge in [-0.05, 0) is 0 Å². The molecule has 5 heavy (non-hydrogen) atoms. The summed E-state index contributed by atoms with van der Waals surface area (Å²) in [5, 5.41) is 0. The topological polar surface area (TPSA) is 0 Å². The molecule has 0 N–H and O–H groups in total. The van der Waals surface area contributed by atoms with Crippen molar-refractivity contribution in [2.45, 2.75) is 0 Å². The fraction of sp³-hybridized carbons (Fsp3) is 0. The predicted octanol–water partition coefficient (Wildman–Crippen LogP) is -3.02. The van der Waals surface area contributed by atoms with Crippen molar-refractivity contribution in [2.75, 3.05) is 0 Å². The molecule has 0 aliphatic heterocycles. The molecule has 5 heteroatoms. The van der Waals surface area contributed by atoms with Crippen molar-refractivity contribution in [1.82, 2.24) is 0 Å². The van der Waals surface area contributed by atoms with Crippen molar-refractivity contribution in [3.05, 3.63) is 0 Å². The number of hydrogen-bond acceptors (Lipinski definition) is 0. The zero-order valence-corrected chi connectivity index (χ0v) is 7.09. The third kappa shape index (κ3) is 18.2. The van der Waals surface area contributed by atoms with Crippen LogP contribution in [0.1, 0.15) is 0 Å². The molecule has 0 nitrogen and oxygen atoms in total. The van der Waals surface area contributed by atoms with Gasteiger partial charge in [0, 0.05) is 52.2 Å². The fourth-order valence-corrected chi connectivity index (χ4v) is 0. The summed E-state index contributed by atoms with van der Waals surface area (Å²) >= 11 is 0. The van der Waals surface area contributed by atoms with Crippen molar-refractivity contribution in [3.8, 4) is 0 Å². The van der Waals surface area contributed by atoms with E-state index in [2.05, 4.69) is 0 Å².